The highest BCUT2D eigenvalue weighted by atomic mass is 32.2. The molecule has 0 saturated heterocycles. The number of hydrogen-bond donors (Lipinski definition) is 0. The monoisotopic (exact) mass is 412 g/mol. The van der Waals surface area contributed by atoms with Gasteiger partial charge in [0.15, 0.2) is 0 Å². The van der Waals surface area contributed by atoms with Crippen molar-refractivity contribution in [3.8, 4) is 22.8 Å². The van der Waals surface area contributed by atoms with E-state index >= 15 is 0 Å². The molecular weight excluding hydrogens is 387 g/mol. The van der Waals surface area contributed by atoms with Gasteiger partial charge in [0, 0.05) is 23.6 Å². The molecule has 0 saturated carbocycles. The molecule has 3 aromatic rings. The SMILES string of the molecule is C=COCCOc1ccc(-c2nccn2-c2ccccc2C)c(C(C)(C)SF)c1. The Morgan fingerprint density at radius 3 is 2.72 bits per heavy atom. The summed E-state index contributed by atoms with van der Waals surface area (Å²) in [6.07, 6.45) is 5.07. The summed E-state index contributed by atoms with van der Waals surface area (Å²) in [5.41, 5.74) is 3.85. The Kier molecular flexibility index (Phi) is 6.64. The normalized spacial score (nSPS) is 11.3. The molecule has 29 heavy (non-hydrogen) atoms. The number of para-hydroxylation sites is 1. The van der Waals surface area contributed by atoms with Gasteiger partial charge in [0.05, 0.1) is 23.2 Å². The second-order valence-corrected chi connectivity index (χ2v) is 8.26. The Balaban J connectivity index is 2.05. The van der Waals surface area contributed by atoms with E-state index in [9.17, 15) is 3.89 Å². The number of benzene rings is 2. The molecule has 0 aliphatic rings. The van der Waals surface area contributed by atoms with Crippen LogP contribution < -0.4 is 4.74 Å². The van der Waals surface area contributed by atoms with Crippen LogP contribution in [0, 0.1) is 6.92 Å². The van der Waals surface area contributed by atoms with E-state index in [1.807, 2.05) is 61.0 Å². The maximum absolute atomic E-state index is 13.9. The van der Waals surface area contributed by atoms with Crippen LogP contribution >= 0.6 is 12.1 Å². The van der Waals surface area contributed by atoms with Gasteiger partial charge in [-0.3, -0.25) is 4.57 Å². The first-order valence-corrected chi connectivity index (χ1v) is 10.1. The topological polar surface area (TPSA) is 36.3 Å². The van der Waals surface area contributed by atoms with E-state index in [1.165, 1.54) is 6.26 Å². The fourth-order valence-electron chi connectivity index (χ4n) is 3.17. The van der Waals surface area contributed by atoms with Gasteiger partial charge in [-0.15, -0.1) is 0 Å². The van der Waals surface area contributed by atoms with E-state index in [0.717, 1.165) is 28.2 Å². The molecule has 0 amide bonds. The van der Waals surface area contributed by atoms with E-state index in [4.69, 9.17) is 9.47 Å². The summed E-state index contributed by atoms with van der Waals surface area (Å²) < 4.78 is 26.0. The van der Waals surface area contributed by atoms with Gasteiger partial charge in [-0.25, -0.2) is 4.98 Å². The second-order valence-electron chi connectivity index (χ2n) is 7.09. The van der Waals surface area contributed by atoms with Gasteiger partial charge in [0.1, 0.15) is 24.8 Å². The molecular formula is C23H25FN2O2S. The molecule has 0 bridgehead atoms. The number of nitrogens with zero attached hydrogens (tertiary/aromatic N) is 2. The minimum Gasteiger partial charge on any atom is -0.498 e. The summed E-state index contributed by atoms with van der Waals surface area (Å²) in [7, 11) is 0. The molecule has 0 atom stereocenters. The average molecular weight is 413 g/mol. The third kappa shape index (κ3) is 4.65. The zero-order valence-electron chi connectivity index (χ0n) is 16.9. The Bertz CT molecular complexity index is 985. The van der Waals surface area contributed by atoms with Gasteiger partial charge >= 0.3 is 0 Å². The lowest BCUT2D eigenvalue weighted by Gasteiger charge is -2.24. The summed E-state index contributed by atoms with van der Waals surface area (Å²) in [5, 5.41) is 0. The minimum atomic E-state index is -0.769. The number of ether oxygens (including phenoxy) is 2. The third-order valence-electron chi connectivity index (χ3n) is 4.68. The highest BCUT2D eigenvalue weighted by Crippen LogP contribution is 2.43. The highest BCUT2D eigenvalue weighted by Gasteiger charge is 2.28. The quantitative estimate of drug-likeness (QED) is 0.308. The minimum absolute atomic E-state index is 0.307. The first-order chi connectivity index (χ1) is 14.0. The molecule has 0 aliphatic heterocycles. The molecule has 0 unspecified atom stereocenters. The lowest BCUT2D eigenvalue weighted by atomic mass is 9.95. The first kappa shape index (κ1) is 21.0. The number of imidazole rings is 1. The van der Waals surface area contributed by atoms with Crippen molar-refractivity contribution < 1.29 is 13.4 Å². The molecule has 2 aromatic carbocycles. The van der Waals surface area contributed by atoms with Crippen LogP contribution in [0.15, 0.2) is 67.7 Å². The van der Waals surface area contributed by atoms with Gasteiger partial charge in [-0.2, -0.15) is 3.89 Å². The van der Waals surface area contributed by atoms with Crippen LogP contribution in [-0.4, -0.2) is 22.8 Å². The van der Waals surface area contributed by atoms with Gasteiger partial charge in [-0.1, -0.05) is 24.8 Å². The Morgan fingerprint density at radius 1 is 1.21 bits per heavy atom. The fraction of sp³-hybridized carbons (Fsp3) is 0.261. The van der Waals surface area contributed by atoms with Gasteiger partial charge in [0.2, 0.25) is 0 Å². The lowest BCUT2D eigenvalue weighted by molar-refractivity contribution is 0.179. The predicted octanol–water partition coefficient (Wildman–Crippen LogP) is 6.24. The molecule has 0 aliphatic carbocycles. The molecule has 0 N–H and O–H groups in total. The van der Waals surface area contributed by atoms with E-state index in [0.29, 0.717) is 31.1 Å². The van der Waals surface area contributed by atoms with Crippen molar-refractivity contribution in [1.29, 1.82) is 0 Å². The molecule has 1 heterocycles. The average Bonchev–Trinajstić information content (AvgIpc) is 3.21. The number of rotatable bonds is 9. The molecule has 0 radical (unpaired) electrons. The third-order valence-corrected chi connectivity index (χ3v) is 5.28. The van der Waals surface area contributed by atoms with Crippen LogP contribution in [0.1, 0.15) is 25.0 Å². The Labute approximate surface area is 175 Å². The summed E-state index contributed by atoms with van der Waals surface area (Å²) in [6.45, 7) is 10.1. The summed E-state index contributed by atoms with van der Waals surface area (Å²) in [6, 6.07) is 13.8. The summed E-state index contributed by atoms with van der Waals surface area (Å²) in [5.74, 6) is 1.42. The summed E-state index contributed by atoms with van der Waals surface area (Å²) >= 11 is 0.307. The molecule has 0 fully saturated rings. The van der Waals surface area contributed by atoms with Crippen LogP contribution in [0.2, 0.25) is 0 Å². The zero-order valence-corrected chi connectivity index (χ0v) is 17.7. The number of aryl methyl sites for hydroxylation is 1. The van der Waals surface area contributed by atoms with Crippen LogP contribution in [0.4, 0.5) is 3.89 Å². The summed E-state index contributed by atoms with van der Waals surface area (Å²) in [4.78, 5) is 4.59. The molecule has 0 spiro atoms. The maximum atomic E-state index is 13.9. The van der Waals surface area contributed by atoms with Crippen molar-refractivity contribution in [2.75, 3.05) is 13.2 Å². The smallest absolute Gasteiger partial charge is 0.144 e. The van der Waals surface area contributed by atoms with Crippen LogP contribution in [-0.2, 0) is 9.48 Å². The molecule has 1 aromatic heterocycles. The molecule has 6 heteroatoms. The van der Waals surface area contributed by atoms with Gasteiger partial charge < -0.3 is 9.47 Å². The van der Waals surface area contributed by atoms with Crippen molar-refractivity contribution in [2.45, 2.75) is 25.5 Å². The van der Waals surface area contributed by atoms with Gasteiger partial charge in [0.25, 0.3) is 0 Å². The highest BCUT2D eigenvalue weighted by molar-refractivity contribution is 7.95. The predicted molar refractivity (Wildman–Crippen MR) is 117 cm³/mol. The Morgan fingerprint density at radius 2 is 2.00 bits per heavy atom. The Hall–Kier alpha value is -2.73. The number of halogens is 1. The molecule has 3 rings (SSSR count). The number of aromatic nitrogens is 2. The molecule has 4 nitrogen and oxygen atoms in total. The van der Waals surface area contributed by atoms with Crippen LogP contribution in [0.5, 0.6) is 5.75 Å². The van der Waals surface area contributed by atoms with Gasteiger partial charge in [-0.05, 0) is 56.2 Å². The van der Waals surface area contributed by atoms with Crippen molar-refractivity contribution >= 4 is 12.1 Å². The van der Waals surface area contributed by atoms with E-state index in [1.54, 1.807) is 6.20 Å². The first-order valence-electron chi connectivity index (χ1n) is 9.37. The second kappa shape index (κ2) is 9.18. The lowest BCUT2D eigenvalue weighted by Crippen LogP contribution is -2.14. The van der Waals surface area contributed by atoms with Crippen molar-refractivity contribution in [2.24, 2.45) is 0 Å². The van der Waals surface area contributed by atoms with Crippen LogP contribution in [0.3, 0.4) is 0 Å². The largest absolute Gasteiger partial charge is 0.498 e. The molecule has 152 valence electrons. The number of hydrogen-bond acceptors (Lipinski definition) is 4. The van der Waals surface area contributed by atoms with E-state index < -0.39 is 4.75 Å². The zero-order chi connectivity index (χ0) is 20.9. The standard InChI is InChI=1S/C23H25FN2O2S/c1-5-27-14-15-28-18-10-11-19(20(16-18)23(3,4)29-24)22-25-12-13-26(22)21-9-7-6-8-17(21)2/h5-13,16H,1,14-15H2,2-4H3. The van der Waals surface area contributed by atoms with Crippen molar-refractivity contribution in [3.63, 3.8) is 0 Å². The van der Waals surface area contributed by atoms with Crippen molar-refractivity contribution in [1.82, 2.24) is 9.55 Å². The fourth-order valence-corrected chi connectivity index (χ4v) is 3.42. The van der Waals surface area contributed by atoms with Crippen molar-refractivity contribution in [3.05, 3.63) is 78.8 Å². The van der Waals surface area contributed by atoms with E-state index in [2.05, 4.69) is 24.6 Å². The maximum Gasteiger partial charge on any atom is 0.144 e. The van der Waals surface area contributed by atoms with Crippen LogP contribution in [0.25, 0.3) is 17.1 Å². The van der Waals surface area contributed by atoms with E-state index in [-0.39, 0.29) is 0 Å².